The first kappa shape index (κ1) is 17.2. The highest BCUT2D eigenvalue weighted by molar-refractivity contribution is 5.94. The molecule has 21 heavy (non-hydrogen) atoms. The third-order valence-electron chi connectivity index (χ3n) is 3.60. The molecule has 0 saturated carbocycles. The summed E-state index contributed by atoms with van der Waals surface area (Å²) in [5.74, 6) is -0.203. The Morgan fingerprint density at radius 3 is 2.43 bits per heavy atom. The van der Waals surface area contributed by atoms with Gasteiger partial charge < -0.3 is 10.2 Å². The molecule has 4 nitrogen and oxygen atoms in total. The van der Waals surface area contributed by atoms with Crippen LogP contribution < -0.4 is 5.32 Å². The predicted molar refractivity (Wildman–Crippen MR) is 86.3 cm³/mol. The minimum absolute atomic E-state index is 0.0543. The normalized spacial score (nSPS) is 10.3. The van der Waals surface area contributed by atoms with E-state index in [-0.39, 0.29) is 18.4 Å². The highest BCUT2D eigenvalue weighted by Gasteiger charge is 2.13. The topological polar surface area (TPSA) is 49.4 Å². The van der Waals surface area contributed by atoms with Crippen molar-refractivity contribution >= 4 is 17.5 Å². The fraction of sp³-hybridized carbons (Fsp3) is 0.529. The molecule has 0 fully saturated rings. The van der Waals surface area contributed by atoms with E-state index in [1.54, 1.807) is 4.90 Å². The van der Waals surface area contributed by atoms with Crippen LogP contribution in [0.5, 0.6) is 0 Å². The number of carbonyl (C=O) groups excluding carboxylic acids is 2. The van der Waals surface area contributed by atoms with E-state index in [0.717, 1.165) is 30.5 Å². The number of aryl methyl sites for hydroxylation is 2. The number of nitrogens with zero attached hydrogens (tertiary/aromatic N) is 1. The van der Waals surface area contributed by atoms with Crippen LogP contribution in [-0.4, -0.2) is 29.8 Å². The van der Waals surface area contributed by atoms with Gasteiger partial charge in [-0.15, -0.1) is 0 Å². The number of unbranched alkanes of at least 4 members (excludes halogenated alkanes) is 2. The summed E-state index contributed by atoms with van der Waals surface area (Å²) >= 11 is 0. The van der Waals surface area contributed by atoms with Crippen molar-refractivity contribution in [3.63, 3.8) is 0 Å². The van der Waals surface area contributed by atoms with Crippen LogP contribution >= 0.6 is 0 Å². The molecule has 0 radical (unpaired) electrons. The van der Waals surface area contributed by atoms with Crippen LogP contribution in [0.25, 0.3) is 0 Å². The van der Waals surface area contributed by atoms with Gasteiger partial charge in [0.05, 0.1) is 6.54 Å². The average Bonchev–Trinajstić information content (AvgIpc) is 2.42. The van der Waals surface area contributed by atoms with Gasteiger partial charge in [-0.05, 0) is 43.5 Å². The summed E-state index contributed by atoms with van der Waals surface area (Å²) in [4.78, 5) is 25.2. The van der Waals surface area contributed by atoms with E-state index in [2.05, 4.69) is 12.2 Å². The van der Waals surface area contributed by atoms with Crippen molar-refractivity contribution in [3.05, 3.63) is 29.3 Å². The van der Waals surface area contributed by atoms with Gasteiger partial charge in [-0.2, -0.15) is 0 Å². The molecule has 1 N–H and O–H groups in total. The number of nitrogens with one attached hydrogen (secondary N) is 1. The lowest BCUT2D eigenvalue weighted by molar-refractivity contribution is -0.132. The standard InChI is InChI=1S/C17H26N2O2/c1-5-6-7-10-19(15(4)20)12-17(21)18-16-9-8-13(2)14(3)11-16/h8-9,11H,5-7,10,12H2,1-4H3,(H,18,21). The number of rotatable bonds is 7. The van der Waals surface area contributed by atoms with Gasteiger partial charge in [0.1, 0.15) is 0 Å². The molecule has 0 spiro atoms. The lowest BCUT2D eigenvalue weighted by atomic mass is 10.1. The van der Waals surface area contributed by atoms with Crippen LogP contribution in [0.3, 0.4) is 0 Å². The molecule has 0 saturated heterocycles. The quantitative estimate of drug-likeness (QED) is 0.783. The van der Waals surface area contributed by atoms with Crippen molar-refractivity contribution in [2.75, 3.05) is 18.4 Å². The second-order valence-electron chi connectivity index (χ2n) is 5.49. The first-order valence-electron chi connectivity index (χ1n) is 7.56. The number of anilines is 1. The predicted octanol–water partition coefficient (Wildman–Crippen LogP) is 3.28. The summed E-state index contributed by atoms with van der Waals surface area (Å²) in [6, 6.07) is 5.81. The molecule has 0 atom stereocenters. The van der Waals surface area contributed by atoms with Gasteiger partial charge in [0.25, 0.3) is 0 Å². The van der Waals surface area contributed by atoms with E-state index in [1.807, 2.05) is 32.0 Å². The molecule has 1 aromatic rings. The molecule has 0 aliphatic heterocycles. The fourth-order valence-electron chi connectivity index (χ4n) is 2.09. The Kier molecular flexibility index (Phi) is 6.92. The van der Waals surface area contributed by atoms with Crippen LogP contribution in [0.15, 0.2) is 18.2 Å². The molecule has 0 aromatic heterocycles. The maximum Gasteiger partial charge on any atom is 0.243 e. The third kappa shape index (κ3) is 5.98. The Bertz CT molecular complexity index is 498. The summed E-state index contributed by atoms with van der Waals surface area (Å²) in [6.07, 6.45) is 3.11. The Hall–Kier alpha value is -1.84. The Labute approximate surface area is 127 Å². The molecule has 0 aliphatic rings. The zero-order valence-corrected chi connectivity index (χ0v) is 13.5. The second-order valence-corrected chi connectivity index (χ2v) is 5.49. The van der Waals surface area contributed by atoms with Crippen molar-refractivity contribution in [2.24, 2.45) is 0 Å². The van der Waals surface area contributed by atoms with E-state index < -0.39 is 0 Å². The maximum absolute atomic E-state index is 12.1. The van der Waals surface area contributed by atoms with Crippen LogP contribution in [0.4, 0.5) is 5.69 Å². The van der Waals surface area contributed by atoms with Crippen LogP contribution in [-0.2, 0) is 9.59 Å². The van der Waals surface area contributed by atoms with E-state index in [1.165, 1.54) is 12.5 Å². The van der Waals surface area contributed by atoms with Crippen LogP contribution in [0.2, 0.25) is 0 Å². The van der Waals surface area contributed by atoms with E-state index >= 15 is 0 Å². The molecule has 116 valence electrons. The highest BCUT2D eigenvalue weighted by atomic mass is 16.2. The monoisotopic (exact) mass is 290 g/mol. The summed E-state index contributed by atoms with van der Waals surface area (Å²) in [5.41, 5.74) is 3.11. The third-order valence-corrected chi connectivity index (χ3v) is 3.60. The van der Waals surface area contributed by atoms with Crippen molar-refractivity contribution in [3.8, 4) is 0 Å². The highest BCUT2D eigenvalue weighted by Crippen LogP contribution is 2.14. The van der Waals surface area contributed by atoms with Gasteiger partial charge in [0.2, 0.25) is 11.8 Å². The second kappa shape index (κ2) is 8.45. The average molecular weight is 290 g/mol. The van der Waals surface area contributed by atoms with Crippen molar-refractivity contribution in [1.82, 2.24) is 4.90 Å². The number of hydrogen-bond acceptors (Lipinski definition) is 2. The Morgan fingerprint density at radius 2 is 1.86 bits per heavy atom. The maximum atomic E-state index is 12.1. The molecular formula is C17H26N2O2. The van der Waals surface area contributed by atoms with Crippen LogP contribution in [0.1, 0.15) is 44.2 Å². The van der Waals surface area contributed by atoms with Crippen LogP contribution in [0, 0.1) is 13.8 Å². The molecule has 0 heterocycles. The molecular weight excluding hydrogens is 264 g/mol. The smallest absolute Gasteiger partial charge is 0.243 e. The first-order valence-corrected chi connectivity index (χ1v) is 7.56. The van der Waals surface area contributed by atoms with E-state index in [9.17, 15) is 9.59 Å². The van der Waals surface area contributed by atoms with Gasteiger partial charge >= 0.3 is 0 Å². The van der Waals surface area contributed by atoms with Gasteiger partial charge in [-0.1, -0.05) is 25.8 Å². The number of carbonyl (C=O) groups is 2. The molecule has 1 rings (SSSR count). The zero-order chi connectivity index (χ0) is 15.8. The molecule has 1 aromatic carbocycles. The number of hydrogen-bond donors (Lipinski definition) is 1. The van der Waals surface area contributed by atoms with Crippen molar-refractivity contribution in [2.45, 2.75) is 47.0 Å². The largest absolute Gasteiger partial charge is 0.334 e. The minimum Gasteiger partial charge on any atom is -0.334 e. The lowest BCUT2D eigenvalue weighted by Gasteiger charge is -2.20. The molecule has 2 amide bonds. The zero-order valence-electron chi connectivity index (χ0n) is 13.5. The van der Waals surface area contributed by atoms with E-state index in [4.69, 9.17) is 0 Å². The summed E-state index contributed by atoms with van der Waals surface area (Å²) in [7, 11) is 0. The fourth-order valence-corrected chi connectivity index (χ4v) is 2.09. The summed E-state index contributed by atoms with van der Waals surface area (Å²) < 4.78 is 0. The van der Waals surface area contributed by atoms with Crippen molar-refractivity contribution in [1.29, 1.82) is 0 Å². The molecule has 0 unspecified atom stereocenters. The van der Waals surface area contributed by atoms with Gasteiger partial charge in [-0.25, -0.2) is 0 Å². The minimum atomic E-state index is -0.148. The summed E-state index contributed by atoms with van der Waals surface area (Å²) in [6.45, 7) is 8.43. The lowest BCUT2D eigenvalue weighted by Crippen LogP contribution is -2.37. The molecule has 0 bridgehead atoms. The first-order chi connectivity index (χ1) is 9.93. The van der Waals surface area contributed by atoms with Gasteiger partial charge in [-0.3, -0.25) is 9.59 Å². The Balaban J connectivity index is 2.56. The SMILES string of the molecule is CCCCCN(CC(=O)Nc1ccc(C)c(C)c1)C(C)=O. The molecule has 4 heteroatoms. The summed E-state index contributed by atoms with van der Waals surface area (Å²) in [5, 5.41) is 2.85. The van der Waals surface area contributed by atoms with E-state index in [0.29, 0.717) is 6.54 Å². The van der Waals surface area contributed by atoms with Gasteiger partial charge in [0.15, 0.2) is 0 Å². The number of benzene rings is 1. The Morgan fingerprint density at radius 1 is 1.14 bits per heavy atom. The van der Waals surface area contributed by atoms with Crippen molar-refractivity contribution < 1.29 is 9.59 Å². The number of amides is 2. The van der Waals surface area contributed by atoms with Gasteiger partial charge in [0, 0.05) is 19.2 Å². The molecule has 0 aliphatic carbocycles.